The molecule has 146 valence electrons. The average Bonchev–Trinajstić information content (AvgIpc) is 3.12. The van der Waals surface area contributed by atoms with E-state index in [-0.39, 0.29) is 12.0 Å². The van der Waals surface area contributed by atoms with Crippen LogP contribution in [0.25, 0.3) is 16.6 Å². The second-order valence-corrected chi connectivity index (χ2v) is 7.29. The number of hydrogen-bond donors (Lipinski definition) is 0. The number of methoxy groups -OCH3 is 2. The second-order valence-electron chi connectivity index (χ2n) is 6.90. The lowest BCUT2D eigenvalue weighted by Crippen LogP contribution is -2.40. The minimum absolute atomic E-state index is 0.0630. The van der Waals surface area contributed by atoms with Gasteiger partial charge in [-0.05, 0) is 36.6 Å². The van der Waals surface area contributed by atoms with Gasteiger partial charge in [-0.2, -0.15) is 5.10 Å². The second kappa shape index (κ2) is 7.81. The van der Waals surface area contributed by atoms with Crippen LogP contribution >= 0.6 is 11.6 Å². The lowest BCUT2D eigenvalue weighted by molar-refractivity contribution is 0.0351. The number of likely N-dealkylation sites (tertiary alicyclic amines) is 1. The van der Waals surface area contributed by atoms with Gasteiger partial charge in [0, 0.05) is 43.6 Å². The number of rotatable bonds is 4. The summed E-state index contributed by atoms with van der Waals surface area (Å²) in [6, 6.07) is 11.3. The lowest BCUT2D eigenvalue weighted by Gasteiger charge is -2.31. The van der Waals surface area contributed by atoms with Crippen molar-refractivity contribution in [2.24, 2.45) is 0 Å². The van der Waals surface area contributed by atoms with E-state index >= 15 is 0 Å². The van der Waals surface area contributed by atoms with Crippen molar-refractivity contribution >= 4 is 23.0 Å². The molecule has 1 saturated heterocycles. The fraction of sp³-hybridized carbons (Fsp3) is 0.333. The molecule has 0 unspecified atom stereocenters. The highest BCUT2D eigenvalue weighted by Crippen LogP contribution is 2.29. The summed E-state index contributed by atoms with van der Waals surface area (Å²) in [6.45, 7) is 1.46. The molecule has 0 atom stereocenters. The van der Waals surface area contributed by atoms with Crippen LogP contribution in [0.3, 0.4) is 0 Å². The molecular formula is C21H22ClN3O3. The van der Waals surface area contributed by atoms with Gasteiger partial charge < -0.3 is 14.4 Å². The van der Waals surface area contributed by atoms with Crippen molar-refractivity contribution in [2.45, 2.75) is 18.9 Å². The van der Waals surface area contributed by atoms with Crippen molar-refractivity contribution in [3.63, 3.8) is 0 Å². The van der Waals surface area contributed by atoms with Gasteiger partial charge in [-0.25, -0.2) is 4.52 Å². The van der Waals surface area contributed by atoms with Crippen LogP contribution in [0, 0.1) is 0 Å². The zero-order chi connectivity index (χ0) is 19.7. The summed E-state index contributed by atoms with van der Waals surface area (Å²) in [7, 11) is 3.35. The summed E-state index contributed by atoms with van der Waals surface area (Å²) < 4.78 is 12.6. The van der Waals surface area contributed by atoms with Gasteiger partial charge in [0.2, 0.25) is 0 Å². The molecule has 3 aromatic rings. The van der Waals surface area contributed by atoms with Crippen molar-refractivity contribution in [3.8, 4) is 16.9 Å². The number of carbonyl (C=O) groups excluding carboxylic acids is 1. The van der Waals surface area contributed by atoms with Crippen molar-refractivity contribution < 1.29 is 14.3 Å². The van der Waals surface area contributed by atoms with Crippen LogP contribution in [0.5, 0.6) is 5.75 Å². The predicted octanol–water partition coefficient (Wildman–Crippen LogP) is 3.91. The van der Waals surface area contributed by atoms with E-state index < -0.39 is 0 Å². The highest BCUT2D eigenvalue weighted by atomic mass is 35.5. The molecule has 1 amide bonds. The van der Waals surface area contributed by atoms with E-state index in [9.17, 15) is 4.79 Å². The van der Waals surface area contributed by atoms with Crippen LogP contribution in [0.4, 0.5) is 0 Å². The Balaban J connectivity index is 1.56. The van der Waals surface area contributed by atoms with E-state index in [1.165, 1.54) is 0 Å². The van der Waals surface area contributed by atoms with Crippen LogP contribution in [0.2, 0.25) is 5.15 Å². The number of nitrogens with zero attached hydrogens (tertiary/aromatic N) is 3. The number of ether oxygens (including phenoxy) is 2. The summed E-state index contributed by atoms with van der Waals surface area (Å²) in [5.74, 6) is 0.756. The Morgan fingerprint density at radius 2 is 1.82 bits per heavy atom. The molecule has 3 heterocycles. The summed E-state index contributed by atoms with van der Waals surface area (Å²) in [6.07, 6.45) is 3.92. The molecule has 1 aromatic carbocycles. The largest absolute Gasteiger partial charge is 0.494 e. The Labute approximate surface area is 168 Å². The molecule has 0 saturated carbocycles. The molecule has 1 fully saturated rings. The minimum Gasteiger partial charge on any atom is -0.494 e. The Bertz CT molecular complexity index is 992. The SMILES string of the molecule is COc1cc(-c2ccc(C(=O)N3CCC(OC)CC3)cc2)cn2nc(Cl)cc12. The first-order valence-electron chi connectivity index (χ1n) is 9.24. The van der Waals surface area contributed by atoms with Crippen LogP contribution < -0.4 is 4.74 Å². The molecule has 0 N–H and O–H groups in total. The topological polar surface area (TPSA) is 56.1 Å². The number of carbonyl (C=O) groups is 1. The van der Waals surface area contributed by atoms with Crippen LogP contribution in [-0.2, 0) is 4.74 Å². The zero-order valence-corrected chi connectivity index (χ0v) is 16.6. The van der Waals surface area contributed by atoms with Crippen LogP contribution in [0.1, 0.15) is 23.2 Å². The number of hydrogen-bond acceptors (Lipinski definition) is 4. The first-order chi connectivity index (χ1) is 13.6. The number of halogens is 1. The Morgan fingerprint density at radius 1 is 1.11 bits per heavy atom. The zero-order valence-electron chi connectivity index (χ0n) is 15.9. The standard InChI is InChI=1S/C21H22ClN3O3/c1-27-17-7-9-24(10-8-17)21(26)15-5-3-14(4-6-15)16-11-19(28-2)18-12-20(22)23-25(18)13-16/h3-6,11-13,17H,7-10H2,1-2H3. The summed E-state index contributed by atoms with van der Waals surface area (Å²) in [4.78, 5) is 14.7. The van der Waals surface area contributed by atoms with Crippen LogP contribution in [0.15, 0.2) is 42.6 Å². The maximum absolute atomic E-state index is 12.8. The van der Waals surface area contributed by atoms with Gasteiger partial charge in [0.05, 0.1) is 13.2 Å². The average molecular weight is 400 g/mol. The summed E-state index contributed by atoms with van der Waals surface area (Å²) >= 11 is 6.02. The van der Waals surface area contributed by atoms with E-state index in [0.29, 0.717) is 16.5 Å². The maximum atomic E-state index is 12.8. The summed E-state index contributed by atoms with van der Waals surface area (Å²) in [5, 5.41) is 4.67. The van der Waals surface area contributed by atoms with Crippen molar-refractivity contribution in [1.29, 1.82) is 0 Å². The third-order valence-electron chi connectivity index (χ3n) is 5.25. The summed E-state index contributed by atoms with van der Waals surface area (Å²) in [5.41, 5.74) is 3.41. The molecule has 0 aliphatic carbocycles. The van der Waals surface area contributed by atoms with Gasteiger partial charge in [-0.15, -0.1) is 0 Å². The highest BCUT2D eigenvalue weighted by molar-refractivity contribution is 6.29. The number of benzene rings is 1. The van der Waals surface area contributed by atoms with Crippen molar-refractivity contribution in [1.82, 2.24) is 14.5 Å². The fourth-order valence-corrected chi connectivity index (χ4v) is 3.82. The molecule has 0 bridgehead atoms. The molecule has 0 radical (unpaired) electrons. The molecule has 2 aromatic heterocycles. The minimum atomic E-state index is 0.0630. The van der Waals surface area contributed by atoms with Crippen molar-refractivity contribution in [2.75, 3.05) is 27.3 Å². The number of piperidine rings is 1. The van der Waals surface area contributed by atoms with E-state index in [4.69, 9.17) is 21.1 Å². The van der Waals surface area contributed by atoms with E-state index in [1.54, 1.807) is 24.8 Å². The third kappa shape index (κ3) is 3.57. The lowest BCUT2D eigenvalue weighted by atomic mass is 10.0. The van der Waals surface area contributed by atoms with E-state index in [2.05, 4.69) is 5.10 Å². The molecule has 1 aliphatic rings. The molecule has 6 nitrogen and oxygen atoms in total. The number of amides is 1. The van der Waals surface area contributed by atoms with Gasteiger partial charge in [-0.1, -0.05) is 23.7 Å². The van der Waals surface area contributed by atoms with E-state index in [1.807, 2.05) is 41.4 Å². The van der Waals surface area contributed by atoms with Gasteiger partial charge in [0.1, 0.15) is 11.3 Å². The molecule has 7 heteroatoms. The molecule has 28 heavy (non-hydrogen) atoms. The Hall–Kier alpha value is -2.57. The quantitative estimate of drug-likeness (QED) is 0.667. The molecular weight excluding hydrogens is 378 g/mol. The highest BCUT2D eigenvalue weighted by Gasteiger charge is 2.23. The van der Waals surface area contributed by atoms with Crippen LogP contribution in [-0.4, -0.2) is 53.8 Å². The first kappa shape index (κ1) is 18.8. The van der Waals surface area contributed by atoms with Gasteiger partial charge in [0.25, 0.3) is 5.91 Å². The van der Waals surface area contributed by atoms with Gasteiger partial charge in [0.15, 0.2) is 5.15 Å². The molecule has 0 spiro atoms. The number of pyridine rings is 1. The van der Waals surface area contributed by atoms with E-state index in [0.717, 1.165) is 42.6 Å². The molecule has 1 aliphatic heterocycles. The van der Waals surface area contributed by atoms with Gasteiger partial charge >= 0.3 is 0 Å². The Morgan fingerprint density at radius 3 is 2.46 bits per heavy atom. The Kier molecular flexibility index (Phi) is 5.24. The fourth-order valence-electron chi connectivity index (χ4n) is 3.64. The predicted molar refractivity (Wildman–Crippen MR) is 108 cm³/mol. The number of fused-ring (bicyclic) bond motifs is 1. The smallest absolute Gasteiger partial charge is 0.253 e. The molecule has 4 rings (SSSR count). The normalized spacial score (nSPS) is 15.2. The van der Waals surface area contributed by atoms with Crippen molar-refractivity contribution in [3.05, 3.63) is 53.3 Å². The maximum Gasteiger partial charge on any atom is 0.253 e. The first-order valence-corrected chi connectivity index (χ1v) is 9.62. The monoisotopic (exact) mass is 399 g/mol. The number of aromatic nitrogens is 2. The third-order valence-corrected chi connectivity index (χ3v) is 5.44. The van der Waals surface area contributed by atoms with Gasteiger partial charge in [-0.3, -0.25) is 4.79 Å².